The van der Waals surface area contributed by atoms with Crippen molar-refractivity contribution < 1.29 is 23.0 Å². The topological polar surface area (TPSA) is 44.7 Å². The van der Waals surface area contributed by atoms with Gasteiger partial charge in [-0.1, -0.05) is 6.07 Å². The molecule has 1 heterocycles. The highest BCUT2D eigenvalue weighted by Crippen LogP contribution is 2.30. The van der Waals surface area contributed by atoms with Gasteiger partial charge in [0.1, 0.15) is 0 Å². The lowest BCUT2D eigenvalue weighted by Gasteiger charge is -2.28. The fraction of sp³-hybridized carbons (Fsp3) is 0.571. The Bertz CT molecular complexity index is 448. The van der Waals surface area contributed by atoms with E-state index in [9.17, 15) is 18.3 Å². The third kappa shape index (κ3) is 5.18. The molecule has 0 aromatic heterocycles. The smallest absolute Gasteiger partial charge is 0.390 e. The van der Waals surface area contributed by atoms with Crippen molar-refractivity contribution in [3.8, 4) is 0 Å². The molecule has 1 aliphatic rings. The van der Waals surface area contributed by atoms with Gasteiger partial charge in [-0.25, -0.2) is 0 Å². The number of alkyl halides is 3. The summed E-state index contributed by atoms with van der Waals surface area (Å²) < 4.78 is 43.0. The number of rotatable bonds is 5. The molecule has 0 bridgehead atoms. The first kappa shape index (κ1) is 16.1. The molecule has 1 saturated heterocycles. The Hall–Kier alpha value is -1.31. The average Bonchev–Trinajstić information content (AvgIpc) is 2.46. The maximum Gasteiger partial charge on any atom is 0.416 e. The Morgan fingerprint density at radius 2 is 2.00 bits per heavy atom. The van der Waals surface area contributed by atoms with Gasteiger partial charge >= 0.3 is 6.18 Å². The molecule has 1 unspecified atom stereocenters. The summed E-state index contributed by atoms with van der Waals surface area (Å²) in [5.74, 6) is 0. The molecular weight excluding hydrogens is 285 g/mol. The summed E-state index contributed by atoms with van der Waals surface area (Å²) in [5.41, 5.74) is -0.346. The minimum Gasteiger partial charge on any atom is -0.390 e. The molecule has 0 saturated carbocycles. The molecule has 1 aromatic carbocycles. The Kier molecular flexibility index (Phi) is 5.44. The van der Waals surface area contributed by atoms with Crippen LogP contribution in [-0.4, -0.2) is 55.5 Å². The largest absolute Gasteiger partial charge is 0.416 e. The summed E-state index contributed by atoms with van der Waals surface area (Å²) >= 11 is 0. The third-order valence-electron chi connectivity index (χ3n) is 3.30. The zero-order valence-electron chi connectivity index (χ0n) is 11.6. The van der Waals surface area contributed by atoms with Crippen molar-refractivity contribution in [2.24, 2.45) is 0 Å². The molecule has 0 radical (unpaired) electrons. The average molecular weight is 304 g/mol. The van der Waals surface area contributed by atoms with E-state index in [1.807, 2.05) is 0 Å². The first-order valence-electron chi connectivity index (χ1n) is 6.84. The summed E-state index contributed by atoms with van der Waals surface area (Å²) in [6.07, 6.45) is -5.00. The third-order valence-corrected chi connectivity index (χ3v) is 3.30. The first-order valence-corrected chi connectivity index (χ1v) is 6.84. The quantitative estimate of drug-likeness (QED) is 0.871. The molecule has 0 aliphatic carbocycles. The van der Waals surface area contributed by atoms with E-state index in [2.05, 4.69) is 10.2 Å². The van der Waals surface area contributed by atoms with Gasteiger partial charge in [0.05, 0.1) is 24.9 Å². The lowest BCUT2D eigenvalue weighted by Crippen LogP contribution is -2.42. The Balaban J connectivity index is 1.82. The zero-order valence-corrected chi connectivity index (χ0v) is 11.6. The Morgan fingerprint density at radius 3 is 2.67 bits per heavy atom. The van der Waals surface area contributed by atoms with E-state index in [-0.39, 0.29) is 6.54 Å². The molecule has 2 N–H and O–H groups in total. The van der Waals surface area contributed by atoms with Crippen LogP contribution < -0.4 is 5.32 Å². The molecule has 21 heavy (non-hydrogen) atoms. The van der Waals surface area contributed by atoms with E-state index in [0.717, 1.165) is 25.2 Å². The highest BCUT2D eigenvalue weighted by molar-refractivity contribution is 5.46. The maximum absolute atomic E-state index is 12.6. The number of aliphatic hydroxyl groups excluding tert-OH is 1. The van der Waals surface area contributed by atoms with E-state index >= 15 is 0 Å². The number of hydrogen-bond acceptors (Lipinski definition) is 4. The van der Waals surface area contributed by atoms with Crippen molar-refractivity contribution in [3.05, 3.63) is 29.8 Å². The van der Waals surface area contributed by atoms with Gasteiger partial charge in [-0.3, -0.25) is 4.90 Å². The molecule has 0 amide bonds. The van der Waals surface area contributed by atoms with Gasteiger partial charge in [0.2, 0.25) is 0 Å². The second kappa shape index (κ2) is 7.11. The number of anilines is 1. The lowest BCUT2D eigenvalue weighted by atomic mass is 10.2. The van der Waals surface area contributed by atoms with Crippen molar-refractivity contribution in [2.45, 2.75) is 12.3 Å². The van der Waals surface area contributed by atoms with Gasteiger partial charge < -0.3 is 15.2 Å². The van der Waals surface area contributed by atoms with Gasteiger partial charge in [-0.2, -0.15) is 13.2 Å². The Labute approximate surface area is 121 Å². The highest BCUT2D eigenvalue weighted by Gasteiger charge is 2.30. The molecule has 1 aliphatic heterocycles. The molecule has 1 aromatic rings. The fourth-order valence-corrected chi connectivity index (χ4v) is 2.19. The predicted molar refractivity (Wildman–Crippen MR) is 73.2 cm³/mol. The fourth-order valence-electron chi connectivity index (χ4n) is 2.19. The lowest BCUT2D eigenvalue weighted by molar-refractivity contribution is -0.137. The van der Waals surface area contributed by atoms with Crippen LogP contribution in [0.4, 0.5) is 18.9 Å². The number of β-amino-alcohol motifs (C(OH)–C–C–N with tert-alkyl or cyclic N) is 1. The number of nitrogens with one attached hydrogen (secondary N) is 1. The van der Waals surface area contributed by atoms with Crippen LogP contribution in [0.25, 0.3) is 0 Å². The molecular formula is C14H19F3N2O2. The van der Waals surface area contributed by atoms with Gasteiger partial charge in [-0.05, 0) is 18.2 Å². The number of hydrogen-bond donors (Lipinski definition) is 2. The zero-order chi connectivity index (χ0) is 15.3. The molecule has 0 spiro atoms. The SMILES string of the molecule is OC(CNc1cccc(C(F)(F)F)c1)CN1CCOCC1. The Morgan fingerprint density at radius 1 is 1.29 bits per heavy atom. The van der Waals surface area contributed by atoms with Crippen molar-refractivity contribution in [2.75, 3.05) is 44.7 Å². The summed E-state index contributed by atoms with van der Waals surface area (Å²) in [4.78, 5) is 2.07. The van der Waals surface area contributed by atoms with Gasteiger partial charge in [-0.15, -0.1) is 0 Å². The molecule has 1 atom stereocenters. The minimum absolute atomic E-state index is 0.207. The van der Waals surface area contributed by atoms with Crippen molar-refractivity contribution in [1.82, 2.24) is 4.90 Å². The number of ether oxygens (including phenoxy) is 1. The van der Waals surface area contributed by atoms with E-state index in [4.69, 9.17) is 4.74 Å². The van der Waals surface area contributed by atoms with Crippen molar-refractivity contribution >= 4 is 5.69 Å². The predicted octanol–water partition coefficient (Wildman–Crippen LogP) is 1.81. The molecule has 118 valence electrons. The number of benzene rings is 1. The second-order valence-electron chi connectivity index (χ2n) is 5.03. The molecule has 1 fully saturated rings. The highest BCUT2D eigenvalue weighted by atomic mass is 19.4. The van der Waals surface area contributed by atoms with Crippen LogP contribution in [-0.2, 0) is 10.9 Å². The van der Waals surface area contributed by atoms with Crippen LogP contribution in [0.2, 0.25) is 0 Å². The number of halogens is 3. The normalized spacial score (nSPS) is 18.5. The number of morpholine rings is 1. The van der Waals surface area contributed by atoms with Crippen LogP contribution in [0.15, 0.2) is 24.3 Å². The van der Waals surface area contributed by atoms with Gasteiger partial charge in [0, 0.05) is 31.9 Å². The first-order chi connectivity index (χ1) is 9.95. The van der Waals surface area contributed by atoms with E-state index < -0.39 is 17.8 Å². The second-order valence-corrected chi connectivity index (χ2v) is 5.03. The molecule has 4 nitrogen and oxygen atoms in total. The summed E-state index contributed by atoms with van der Waals surface area (Å²) in [6, 6.07) is 4.97. The summed E-state index contributed by atoms with van der Waals surface area (Å²) in [7, 11) is 0. The monoisotopic (exact) mass is 304 g/mol. The number of nitrogens with zero attached hydrogens (tertiary/aromatic N) is 1. The summed E-state index contributed by atoms with van der Waals surface area (Å²) in [5, 5.41) is 12.8. The molecule has 2 rings (SSSR count). The maximum atomic E-state index is 12.6. The molecule has 7 heteroatoms. The van der Waals surface area contributed by atoms with Crippen molar-refractivity contribution in [1.29, 1.82) is 0 Å². The minimum atomic E-state index is -4.36. The number of aliphatic hydroxyl groups is 1. The van der Waals surface area contributed by atoms with Crippen LogP contribution in [0, 0.1) is 0 Å². The van der Waals surface area contributed by atoms with E-state index in [0.29, 0.717) is 25.4 Å². The van der Waals surface area contributed by atoms with Crippen LogP contribution in [0.3, 0.4) is 0 Å². The van der Waals surface area contributed by atoms with Crippen LogP contribution in [0.1, 0.15) is 5.56 Å². The van der Waals surface area contributed by atoms with E-state index in [1.165, 1.54) is 6.07 Å². The standard InChI is InChI=1S/C14H19F3N2O2/c15-14(16,17)11-2-1-3-12(8-11)18-9-13(20)10-19-4-6-21-7-5-19/h1-3,8,13,18,20H,4-7,9-10H2. The van der Waals surface area contributed by atoms with Crippen molar-refractivity contribution in [3.63, 3.8) is 0 Å². The van der Waals surface area contributed by atoms with Gasteiger partial charge in [0.25, 0.3) is 0 Å². The van der Waals surface area contributed by atoms with Crippen LogP contribution >= 0.6 is 0 Å². The van der Waals surface area contributed by atoms with Crippen LogP contribution in [0.5, 0.6) is 0 Å². The van der Waals surface area contributed by atoms with E-state index in [1.54, 1.807) is 6.07 Å². The van der Waals surface area contributed by atoms with Gasteiger partial charge in [0.15, 0.2) is 0 Å². The summed E-state index contributed by atoms with van der Waals surface area (Å²) in [6.45, 7) is 3.51.